The maximum atomic E-state index is 13.8. The minimum atomic E-state index is -3.35. The largest absolute Gasteiger partial charge is 0.383 e. The van der Waals surface area contributed by atoms with Crippen molar-refractivity contribution in [1.82, 2.24) is 14.2 Å². The molecule has 1 saturated carbocycles. The molecule has 0 spiro atoms. The normalized spacial score (nSPS) is 29.4. The third-order valence-corrected chi connectivity index (χ3v) is 8.85. The summed E-state index contributed by atoms with van der Waals surface area (Å²) in [7, 11) is -1.77. The number of fused-ring (bicyclic) bond motifs is 1. The van der Waals surface area contributed by atoms with Crippen molar-refractivity contribution < 1.29 is 17.9 Å². The van der Waals surface area contributed by atoms with Gasteiger partial charge >= 0.3 is 0 Å². The Labute approximate surface area is 179 Å². The first-order valence-corrected chi connectivity index (χ1v) is 12.5. The lowest BCUT2D eigenvalue weighted by molar-refractivity contribution is -0.149. The van der Waals surface area contributed by atoms with E-state index >= 15 is 0 Å². The predicted octanol–water partition coefficient (Wildman–Crippen LogP) is 1.34. The summed E-state index contributed by atoms with van der Waals surface area (Å²) in [4.78, 5) is 22.4. The van der Waals surface area contributed by atoms with E-state index in [4.69, 9.17) is 4.74 Å². The van der Waals surface area contributed by atoms with Gasteiger partial charge in [-0.05, 0) is 31.4 Å². The van der Waals surface area contributed by atoms with Crippen molar-refractivity contribution in [2.45, 2.75) is 38.1 Å². The number of piperazine rings is 1. The zero-order chi connectivity index (χ0) is 21.2. The quantitative estimate of drug-likeness (QED) is 0.693. The van der Waals surface area contributed by atoms with Gasteiger partial charge in [0, 0.05) is 52.1 Å². The van der Waals surface area contributed by atoms with Crippen molar-refractivity contribution >= 4 is 21.7 Å². The van der Waals surface area contributed by atoms with E-state index in [1.54, 1.807) is 17.6 Å². The number of ether oxygens (including phenoxy) is 1. The summed E-state index contributed by atoms with van der Waals surface area (Å²) in [6, 6.07) is 5.62. The molecule has 0 unspecified atom stereocenters. The number of pyridine rings is 1. The van der Waals surface area contributed by atoms with Crippen molar-refractivity contribution in [1.29, 1.82) is 0 Å². The number of rotatable bonds is 5. The maximum absolute atomic E-state index is 13.8. The second kappa shape index (κ2) is 8.80. The standard InChI is InChI=1S/C21H32N4O4S/c1-29-16-15-25-18-6-2-4-8-21(18,9-17-30(25,27)28)20(26)24-13-11-23(12-14-24)19-7-3-5-10-22-19/h3,5,7,10,18H,2,4,6,8-9,11-17H2,1H3/t18-,21-/m1/s1. The number of sulfonamides is 1. The van der Waals surface area contributed by atoms with E-state index in [0.717, 1.165) is 44.6 Å². The minimum absolute atomic E-state index is 0.0485. The highest BCUT2D eigenvalue weighted by atomic mass is 32.2. The van der Waals surface area contributed by atoms with E-state index < -0.39 is 15.4 Å². The molecule has 9 heteroatoms. The predicted molar refractivity (Wildman–Crippen MR) is 115 cm³/mol. The Hall–Kier alpha value is -1.71. The molecule has 3 fully saturated rings. The average molecular weight is 437 g/mol. The Kier molecular flexibility index (Phi) is 6.31. The van der Waals surface area contributed by atoms with Gasteiger partial charge in [0.2, 0.25) is 15.9 Å². The molecule has 3 heterocycles. The van der Waals surface area contributed by atoms with Crippen molar-refractivity contribution in [3.05, 3.63) is 24.4 Å². The molecule has 1 aromatic rings. The second-order valence-electron chi connectivity index (χ2n) is 8.55. The number of carbonyl (C=O) groups is 1. The summed E-state index contributed by atoms with van der Waals surface area (Å²) in [5.74, 6) is 1.13. The van der Waals surface area contributed by atoms with Gasteiger partial charge in [-0.3, -0.25) is 4.79 Å². The summed E-state index contributed by atoms with van der Waals surface area (Å²) >= 11 is 0. The fourth-order valence-electron chi connectivity index (χ4n) is 5.38. The number of hydrogen-bond donors (Lipinski definition) is 0. The van der Waals surface area contributed by atoms with Crippen LogP contribution in [-0.2, 0) is 19.6 Å². The first kappa shape index (κ1) is 21.5. The van der Waals surface area contributed by atoms with Crippen molar-refractivity contribution in [2.24, 2.45) is 5.41 Å². The number of amides is 1. The lowest BCUT2D eigenvalue weighted by Crippen LogP contribution is -2.65. The van der Waals surface area contributed by atoms with Crippen LogP contribution >= 0.6 is 0 Å². The molecule has 0 radical (unpaired) electrons. The summed E-state index contributed by atoms with van der Waals surface area (Å²) < 4.78 is 32.4. The fourth-order valence-corrected chi connectivity index (χ4v) is 7.29. The minimum Gasteiger partial charge on any atom is -0.383 e. The Morgan fingerprint density at radius 1 is 1.20 bits per heavy atom. The molecule has 2 saturated heterocycles. The van der Waals surface area contributed by atoms with E-state index in [1.165, 1.54) is 0 Å². The van der Waals surface area contributed by atoms with Gasteiger partial charge in [0.05, 0.1) is 17.8 Å². The van der Waals surface area contributed by atoms with Crippen LogP contribution in [0.3, 0.4) is 0 Å². The fraction of sp³-hybridized carbons (Fsp3) is 0.714. The molecule has 2 atom stereocenters. The van der Waals surface area contributed by atoms with E-state index in [2.05, 4.69) is 9.88 Å². The molecule has 0 aromatic carbocycles. The Balaban J connectivity index is 1.51. The molecule has 4 rings (SSSR count). The number of nitrogens with zero attached hydrogens (tertiary/aromatic N) is 4. The second-order valence-corrected chi connectivity index (χ2v) is 10.6. The molecule has 1 amide bonds. The summed E-state index contributed by atoms with van der Waals surface area (Å²) in [5.41, 5.74) is -0.593. The summed E-state index contributed by atoms with van der Waals surface area (Å²) in [5, 5.41) is 0. The topological polar surface area (TPSA) is 83.1 Å². The third-order valence-electron chi connectivity index (χ3n) is 6.98. The number of hydrogen-bond acceptors (Lipinski definition) is 6. The number of anilines is 1. The van der Waals surface area contributed by atoms with Crippen LogP contribution in [0.15, 0.2) is 24.4 Å². The van der Waals surface area contributed by atoms with Gasteiger partial charge in [0.25, 0.3) is 0 Å². The van der Waals surface area contributed by atoms with Gasteiger partial charge in [-0.2, -0.15) is 4.31 Å². The van der Waals surface area contributed by atoms with E-state index in [-0.39, 0.29) is 17.7 Å². The lowest BCUT2D eigenvalue weighted by atomic mass is 9.67. The zero-order valence-corrected chi connectivity index (χ0v) is 18.5. The Morgan fingerprint density at radius 2 is 2.00 bits per heavy atom. The van der Waals surface area contributed by atoms with Crippen LogP contribution in [0.1, 0.15) is 32.1 Å². The van der Waals surface area contributed by atoms with Crippen LogP contribution < -0.4 is 4.90 Å². The molecule has 1 aromatic heterocycles. The highest BCUT2D eigenvalue weighted by Crippen LogP contribution is 2.48. The van der Waals surface area contributed by atoms with Gasteiger partial charge in [-0.25, -0.2) is 13.4 Å². The van der Waals surface area contributed by atoms with Crippen molar-refractivity contribution in [2.75, 3.05) is 57.1 Å². The molecular weight excluding hydrogens is 404 g/mol. The zero-order valence-electron chi connectivity index (χ0n) is 17.7. The first-order valence-electron chi connectivity index (χ1n) is 10.9. The van der Waals surface area contributed by atoms with Crippen LogP contribution in [-0.4, -0.2) is 86.7 Å². The van der Waals surface area contributed by atoms with Crippen LogP contribution in [0.5, 0.6) is 0 Å². The molecule has 2 aliphatic heterocycles. The maximum Gasteiger partial charge on any atom is 0.230 e. The van der Waals surface area contributed by atoms with Crippen LogP contribution in [0, 0.1) is 5.41 Å². The Bertz CT molecular complexity index is 842. The Morgan fingerprint density at radius 3 is 2.70 bits per heavy atom. The van der Waals surface area contributed by atoms with E-state index in [1.807, 2.05) is 23.1 Å². The molecule has 1 aliphatic carbocycles. The number of aromatic nitrogens is 1. The van der Waals surface area contributed by atoms with Crippen molar-refractivity contribution in [3.63, 3.8) is 0 Å². The molecule has 0 N–H and O–H groups in total. The molecule has 166 valence electrons. The molecule has 3 aliphatic rings. The van der Waals surface area contributed by atoms with Crippen LogP contribution in [0.2, 0.25) is 0 Å². The van der Waals surface area contributed by atoms with Gasteiger partial charge in [-0.15, -0.1) is 0 Å². The van der Waals surface area contributed by atoms with Crippen LogP contribution in [0.4, 0.5) is 5.82 Å². The average Bonchev–Trinajstić information content (AvgIpc) is 2.78. The molecule has 8 nitrogen and oxygen atoms in total. The highest BCUT2D eigenvalue weighted by molar-refractivity contribution is 7.89. The molecule has 0 bridgehead atoms. The number of methoxy groups -OCH3 is 1. The first-order chi connectivity index (χ1) is 14.5. The summed E-state index contributed by atoms with van der Waals surface area (Å²) in [6.45, 7) is 3.46. The van der Waals surface area contributed by atoms with Crippen LogP contribution in [0.25, 0.3) is 0 Å². The highest BCUT2D eigenvalue weighted by Gasteiger charge is 2.56. The van der Waals surface area contributed by atoms with Crippen molar-refractivity contribution in [3.8, 4) is 0 Å². The summed E-state index contributed by atoms with van der Waals surface area (Å²) in [6.07, 6.45) is 5.69. The van der Waals surface area contributed by atoms with E-state index in [0.29, 0.717) is 32.7 Å². The van der Waals surface area contributed by atoms with Gasteiger partial charge in [0.15, 0.2) is 0 Å². The molecule has 30 heavy (non-hydrogen) atoms. The lowest BCUT2D eigenvalue weighted by Gasteiger charge is -2.52. The smallest absolute Gasteiger partial charge is 0.230 e. The third kappa shape index (κ3) is 3.94. The van der Waals surface area contributed by atoms with Gasteiger partial charge in [0.1, 0.15) is 5.82 Å². The number of carbonyl (C=O) groups excluding carboxylic acids is 1. The SMILES string of the molecule is COCCN1[C@@H]2CCCC[C@@]2(C(=O)N2CCN(c3ccccn3)CC2)CCS1(=O)=O. The monoisotopic (exact) mass is 436 g/mol. The molecular formula is C21H32N4O4S. The van der Waals surface area contributed by atoms with E-state index in [9.17, 15) is 13.2 Å². The van der Waals surface area contributed by atoms with Gasteiger partial charge < -0.3 is 14.5 Å². The van der Waals surface area contributed by atoms with Gasteiger partial charge in [-0.1, -0.05) is 18.9 Å².